The molecule has 0 rings (SSSR count). The smallest absolute Gasteiger partial charge is 0.306 e. The minimum atomic E-state index is -0.700. The molecule has 0 aromatic rings. The molecule has 1 amide bonds. The Morgan fingerprint density at radius 1 is 1.32 bits per heavy atom. The highest BCUT2D eigenvalue weighted by Crippen LogP contribution is 2.09. The van der Waals surface area contributed by atoms with Crippen LogP contribution < -0.4 is 11.1 Å². The second-order valence-electron chi connectivity index (χ2n) is 5.22. The maximum absolute atomic E-state index is 11.6. The number of carbonyl (C=O) groups excluding carboxylic acids is 2. The molecule has 0 unspecified atom stereocenters. The van der Waals surface area contributed by atoms with E-state index in [1.165, 1.54) is 0 Å². The van der Waals surface area contributed by atoms with Gasteiger partial charge in [-0.15, -0.1) is 0 Å². The molecule has 0 fully saturated rings. The minimum Gasteiger partial charge on any atom is -0.460 e. The second kappa shape index (κ2) is 8.87. The topological polar surface area (TPSA) is 90.6 Å². The molecule has 3 N–H and O–H groups in total. The predicted molar refractivity (Wildman–Crippen MR) is 72.6 cm³/mol. The predicted octanol–water partition coefficient (Wildman–Crippen LogP) is 0.588. The summed E-state index contributed by atoms with van der Waals surface area (Å²) in [5.41, 5.74) is 5.17. The zero-order valence-electron chi connectivity index (χ0n) is 12.3. The number of hydrogen-bond donors (Lipinski definition) is 2. The van der Waals surface area contributed by atoms with E-state index >= 15 is 0 Å². The van der Waals surface area contributed by atoms with Crippen LogP contribution in [-0.2, 0) is 19.1 Å². The van der Waals surface area contributed by atoms with Crippen LogP contribution in [0, 0.1) is 0 Å². The third kappa shape index (κ3) is 10.5. The van der Waals surface area contributed by atoms with Crippen LogP contribution in [0.4, 0.5) is 0 Å². The van der Waals surface area contributed by atoms with Crippen molar-refractivity contribution in [1.29, 1.82) is 0 Å². The molecule has 0 saturated carbocycles. The first-order valence-corrected chi connectivity index (χ1v) is 6.59. The lowest BCUT2D eigenvalue weighted by Gasteiger charge is -2.20. The van der Waals surface area contributed by atoms with E-state index in [2.05, 4.69) is 5.32 Å². The maximum Gasteiger partial charge on any atom is 0.306 e. The van der Waals surface area contributed by atoms with Gasteiger partial charge in [0.15, 0.2) is 0 Å². The molecule has 0 aromatic carbocycles. The SMILES string of the molecule is CCOCCNC(=O)[C@@H](N)CCC(=O)OC(C)(C)C. The Bertz CT molecular complexity index is 287. The standard InChI is InChI=1S/C13H26N2O4/c1-5-18-9-8-15-12(17)10(14)6-7-11(16)19-13(2,3)4/h10H,5-9,14H2,1-4H3,(H,15,17)/t10-/m0/s1. The van der Waals surface area contributed by atoms with Gasteiger partial charge in [-0.2, -0.15) is 0 Å². The number of nitrogens with one attached hydrogen (secondary N) is 1. The monoisotopic (exact) mass is 274 g/mol. The van der Waals surface area contributed by atoms with E-state index in [1.807, 2.05) is 6.92 Å². The quantitative estimate of drug-likeness (QED) is 0.499. The van der Waals surface area contributed by atoms with Crippen LogP contribution in [0.2, 0.25) is 0 Å². The molecular formula is C13H26N2O4. The largest absolute Gasteiger partial charge is 0.460 e. The van der Waals surface area contributed by atoms with Gasteiger partial charge in [0, 0.05) is 19.6 Å². The molecular weight excluding hydrogens is 248 g/mol. The molecule has 112 valence electrons. The zero-order valence-corrected chi connectivity index (χ0v) is 12.3. The normalized spacial score (nSPS) is 12.9. The lowest BCUT2D eigenvalue weighted by Crippen LogP contribution is -2.42. The number of nitrogens with two attached hydrogens (primary N) is 1. The molecule has 6 heteroatoms. The summed E-state index contributed by atoms with van der Waals surface area (Å²) in [6.07, 6.45) is 0.409. The number of hydrogen-bond acceptors (Lipinski definition) is 5. The Hall–Kier alpha value is -1.14. The van der Waals surface area contributed by atoms with E-state index in [1.54, 1.807) is 20.8 Å². The molecule has 0 saturated heterocycles. The van der Waals surface area contributed by atoms with Gasteiger partial charge < -0.3 is 20.5 Å². The van der Waals surface area contributed by atoms with Crippen molar-refractivity contribution in [3.8, 4) is 0 Å². The van der Waals surface area contributed by atoms with E-state index in [0.29, 0.717) is 19.8 Å². The van der Waals surface area contributed by atoms with E-state index in [4.69, 9.17) is 15.2 Å². The van der Waals surface area contributed by atoms with E-state index in [-0.39, 0.29) is 24.7 Å². The van der Waals surface area contributed by atoms with E-state index in [9.17, 15) is 9.59 Å². The van der Waals surface area contributed by atoms with Crippen molar-refractivity contribution in [2.75, 3.05) is 19.8 Å². The molecule has 6 nitrogen and oxygen atoms in total. The van der Waals surface area contributed by atoms with Gasteiger partial charge in [0.1, 0.15) is 5.60 Å². The highest BCUT2D eigenvalue weighted by Gasteiger charge is 2.19. The van der Waals surface area contributed by atoms with Crippen LogP contribution in [-0.4, -0.2) is 43.3 Å². The summed E-state index contributed by atoms with van der Waals surface area (Å²) < 4.78 is 10.2. The fourth-order valence-electron chi connectivity index (χ4n) is 1.32. The first-order chi connectivity index (χ1) is 8.76. The van der Waals surface area contributed by atoms with Crippen molar-refractivity contribution in [2.24, 2.45) is 5.73 Å². The van der Waals surface area contributed by atoms with Crippen LogP contribution in [0.15, 0.2) is 0 Å². The molecule has 0 aliphatic rings. The average molecular weight is 274 g/mol. The highest BCUT2D eigenvalue weighted by atomic mass is 16.6. The Morgan fingerprint density at radius 2 is 1.95 bits per heavy atom. The van der Waals surface area contributed by atoms with Crippen LogP contribution in [0.25, 0.3) is 0 Å². The second-order valence-corrected chi connectivity index (χ2v) is 5.22. The number of ether oxygens (including phenoxy) is 2. The Morgan fingerprint density at radius 3 is 2.47 bits per heavy atom. The number of rotatable bonds is 8. The van der Waals surface area contributed by atoms with Crippen LogP contribution in [0.1, 0.15) is 40.5 Å². The lowest BCUT2D eigenvalue weighted by atomic mass is 10.1. The summed E-state index contributed by atoms with van der Waals surface area (Å²) in [6, 6.07) is -0.700. The molecule has 0 bridgehead atoms. The fraction of sp³-hybridized carbons (Fsp3) is 0.846. The van der Waals surface area contributed by atoms with E-state index in [0.717, 1.165) is 0 Å². The van der Waals surface area contributed by atoms with Crippen molar-refractivity contribution in [3.05, 3.63) is 0 Å². The third-order valence-corrected chi connectivity index (χ3v) is 2.17. The first-order valence-electron chi connectivity index (χ1n) is 6.59. The summed E-state index contributed by atoms with van der Waals surface area (Å²) in [5.74, 6) is -0.617. The zero-order chi connectivity index (χ0) is 14.9. The number of amides is 1. The van der Waals surface area contributed by atoms with Gasteiger partial charge in [0.25, 0.3) is 0 Å². The number of carbonyl (C=O) groups is 2. The first kappa shape index (κ1) is 17.9. The van der Waals surface area contributed by atoms with Gasteiger partial charge >= 0.3 is 5.97 Å². The van der Waals surface area contributed by atoms with Crippen molar-refractivity contribution >= 4 is 11.9 Å². The molecule has 0 radical (unpaired) electrons. The van der Waals surface area contributed by atoms with Gasteiger partial charge in [-0.1, -0.05) is 0 Å². The van der Waals surface area contributed by atoms with Gasteiger partial charge in [-0.3, -0.25) is 9.59 Å². The summed E-state index contributed by atoms with van der Waals surface area (Å²) in [7, 11) is 0. The average Bonchev–Trinajstić information content (AvgIpc) is 2.29. The Kier molecular flexibility index (Phi) is 8.34. The van der Waals surface area contributed by atoms with Gasteiger partial charge in [0.05, 0.1) is 12.6 Å². The molecule has 19 heavy (non-hydrogen) atoms. The van der Waals surface area contributed by atoms with Gasteiger partial charge in [-0.05, 0) is 34.1 Å². The lowest BCUT2D eigenvalue weighted by molar-refractivity contribution is -0.155. The van der Waals surface area contributed by atoms with Crippen LogP contribution in [0.3, 0.4) is 0 Å². The van der Waals surface area contributed by atoms with Crippen molar-refractivity contribution in [3.63, 3.8) is 0 Å². The van der Waals surface area contributed by atoms with Crippen LogP contribution >= 0.6 is 0 Å². The van der Waals surface area contributed by atoms with Crippen LogP contribution in [0.5, 0.6) is 0 Å². The molecule has 0 spiro atoms. The Labute approximate surface area is 115 Å². The molecule has 0 heterocycles. The number of esters is 1. The summed E-state index contributed by atoms with van der Waals surface area (Å²) in [5, 5.41) is 2.65. The molecule has 0 aliphatic carbocycles. The third-order valence-electron chi connectivity index (χ3n) is 2.17. The van der Waals surface area contributed by atoms with Crippen molar-refractivity contribution in [2.45, 2.75) is 52.2 Å². The summed E-state index contributed by atoms with van der Waals surface area (Å²) in [6.45, 7) is 8.77. The summed E-state index contributed by atoms with van der Waals surface area (Å²) >= 11 is 0. The van der Waals surface area contributed by atoms with Crippen molar-refractivity contribution in [1.82, 2.24) is 5.32 Å². The van der Waals surface area contributed by atoms with Crippen molar-refractivity contribution < 1.29 is 19.1 Å². The highest BCUT2D eigenvalue weighted by molar-refractivity contribution is 5.82. The minimum absolute atomic E-state index is 0.136. The molecule has 0 aliphatic heterocycles. The molecule has 1 atom stereocenters. The van der Waals surface area contributed by atoms with Gasteiger partial charge in [0.2, 0.25) is 5.91 Å². The van der Waals surface area contributed by atoms with Gasteiger partial charge in [-0.25, -0.2) is 0 Å². The van der Waals surface area contributed by atoms with E-state index < -0.39 is 11.6 Å². The molecule has 0 aromatic heterocycles. The maximum atomic E-state index is 11.6. The fourth-order valence-corrected chi connectivity index (χ4v) is 1.32. The Balaban J connectivity index is 3.81. The summed E-state index contributed by atoms with van der Waals surface area (Å²) in [4.78, 5) is 23.0.